The average molecular weight is 657 g/mol. The van der Waals surface area contributed by atoms with Gasteiger partial charge in [0.15, 0.2) is 5.82 Å². The summed E-state index contributed by atoms with van der Waals surface area (Å²) in [6.07, 6.45) is 0. The Morgan fingerprint density at radius 2 is 1.04 bits per heavy atom. The van der Waals surface area contributed by atoms with Gasteiger partial charge in [0.05, 0.1) is 11.4 Å². The lowest BCUT2D eigenvalue weighted by atomic mass is 9.92. The van der Waals surface area contributed by atoms with E-state index in [1.165, 1.54) is 25.7 Å². The van der Waals surface area contributed by atoms with E-state index in [1.54, 1.807) is 0 Å². The Labute approximate surface area is 292 Å². The Balaban J connectivity index is 1.23. The second-order valence-corrected chi connectivity index (χ2v) is 13.6. The van der Waals surface area contributed by atoms with E-state index in [0.29, 0.717) is 5.82 Å². The summed E-state index contributed by atoms with van der Waals surface area (Å²) < 4.78 is 8.80. The molecule has 0 fully saturated rings. The number of furan rings is 1. The maximum absolute atomic E-state index is 6.31. The van der Waals surface area contributed by atoms with Gasteiger partial charge >= 0.3 is 0 Å². The third kappa shape index (κ3) is 4.80. The number of aromatic nitrogens is 2. The number of fused-ring (bicyclic) bond motifs is 6. The highest BCUT2D eigenvalue weighted by molar-refractivity contribution is 7.26. The number of hydrogen-bond acceptors (Lipinski definition) is 4. The molecule has 234 valence electrons. The molecular weight excluding hydrogens is 629 g/mol. The van der Waals surface area contributed by atoms with E-state index in [1.807, 2.05) is 29.5 Å². The second-order valence-electron chi connectivity index (χ2n) is 12.5. The van der Waals surface area contributed by atoms with Crippen LogP contribution in [0.5, 0.6) is 0 Å². The van der Waals surface area contributed by atoms with Crippen LogP contribution in [0, 0.1) is 0 Å². The van der Waals surface area contributed by atoms with Crippen molar-refractivity contribution in [2.75, 3.05) is 0 Å². The summed E-state index contributed by atoms with van der Waals surface area (Å²) in [6, 6.07) is 59.6. The van der Waals surface area contributed by atoms with E-state index in [4.69, 9.17) is 14.4 Å². The predicted molar refractivity (Wildman–Crippen MR) is 209 cm³/mol. The molecule has 0 aliphatic carbocycles. The molecule has 0 saturated carbocycles. The van der Waals surface area contributed by atoms with Crippen molar-refractivity contribution in [2.24, 2.45) is 0 Å². The first kappa shape index (κ1) is 28.6. The van der Waals surface area contributed by atoms with Gasteiger partial charge < -0.3 is 4.42 Å². The van der Waals surface area contributed by atoms with Gasteiger partial charge in [-0.15, -0.1) is 11.3 Å². The first-order valence-corrected chi connectivity index (χ1v) is 17.6. The van der Waals surface area contributed by atoms with Gasteiger partial charge in [0.1, 0.15) is 11.2 Å². The fourth-order valence-electron chi connectivity index (χ4n) is 7.10. The van der Waals surface area contributed by atoms with Crippen LogP contribution in [0.25, 0.3) is 98.3 Å². The highest BCUT2D eigenvalue weighted by Gasteiger charge is 2.19. The lowest BCUT2D eigenvalue weighted by Crippen LogP contribution is -1.97. The van der Waals surface area contributed by atoms with Gasteiger partial charge in [0, 0.05) is 47.6 Å². The number of rotatable bonds is 5. The van der Waals surface area contributed by atoms with Gasteiger partial charge in [0.25, 0.3) is 0 Å². The molecule has 0 bridgehead atoms. The number of benzene rings is 7. The van der Waals surface area contributed by atoms with E-state index in [-0.39, 0.29) is 0 Å². The summed E-state index contributed by atoms with van der Waals surface area (Å²) in [5.74, 6) is 0.657. The summed E-state index contributed by atoms with van der Waals surface area (Å²) >= 11 is 1.81. The average Bonchev–Trinajstić information content (AvgIpc) is 3.76. The Hall–Kier alpha value is -6.36. The van der Waals surface area contributed by atoms with Crippen molar-refractivity contribution in [3.63, 3.8) is 0 Å². The zero-order chi connectivity index (χ0) is 33.0. The first-order chi connectivity index (χ1) is 24.8. The molecule has 0 saturated heterocycles. The smallest absolute Gasteiger partial charge is 0.160 e. The van der Waals surface area contributed by atoms with Crippen LogP contribution >= 0.6 is 11.3 Å². The largest absolute Gasteiger partial charge is 0.456 e. The van der Waals surface area contributed by atoms with Crippen molar-refractivity contribution in [3.8, 4) is 56.2 Å². The molecular formula is C46H28N2OS. The molecule has 10 rings (SSSR count). The molecule has 50 heavy (non-hydrogen) atoms. The van der Waals surface area contributed by atoms with Gasteiger partial charge in [-0.05, 0) is 58.7 Å². The molecule has 7 aromatic carbocycles. The molecule has 0 amide bonds. The molecule has 0 aliphatic rings. The molecule has 0 unspecified atom stereocenters. The zero-order valence-electron chi connectivity index (χ0n) is 26.9. The number of hydrogen-bond donors (Lipinski definition) is 0. The van der Waals surface area contributed by atoms with Crippen LogP contribution in [0.15, 0.2) is 174 Å². The molecule has 0 radical (unpaired) electrons. The molecule has 3 nitrogen and oxygen atoms in total. The third-order valence-electron chi connectivity index (χ3n) is 9.53. The Kier molecular flexibility index (Phi) is 6.68. The molecule has 3 aromatic heterocycles. The minimum atomic E-state index is 0.657. The van der Waals surface area contributed by atoms with Gasteiger partial charge in [-0.1, -0.05) is 133 Å². The van der Waals surface area contributed by atoms with Crippen molar-refractivity contribution in [2.45, 2.75) is 0 Å². The van der Waals surface area contributed by atoms with Crippen LogP contribution in [-0.2, 0) is 0 Å². The molecule has 3 heterocycles. The summed E-state index contributed by atoms with van der Waals surface area (Å²) in [4.78, 5) is 10.6. The Morgan fingerprint density at radius 1 is 0.380 bits per heavy atom. The van der Waals surface area contributed by atoms with Crippen LogP contribution in [0.4, 0.5) is 0 Å². The van der Waals surface area contributed by atoms with Crippen LogP contribution in [0.3, 0.4) is 0 Å². The SMILES string of the molecule is c1ccc(-c2ccc(-c3cc(-c4cccc5c4sc4ccccc45)nc(-c4ccc5c(c4)oc4ccccc45)n3)c(-c3ccccc3)c2)cc1. The van der Waals surface area contributed by atoms with Gasteiger partial charge in [0.2, 0.25) is 0 Å². The maximum Gasteiger partial charge on any atom is 0.160 e. The summed E-state index contributed by atoms with van der Waals surface area (Å²) in [5, 5.41) is 4.69. The molecule has 0 N–H and O–H groups in total. The van der Waals surface area contributed by atoms with Crippen LogP contribution in [-0.4, -0.2) is 9.97 Å². The quantitative estimate of drug-likeness (QED) is 0.185. The Bertz CT molecular complexity index is 2870. The molecule has 0 atom stereocenters. The van der Waals surface area contributed by atoms with Crippen LogP contribution < -0.4 is 0 Å². The fraction of sp³-hybridized carbons (Fsp3) is 0. The van der Waals surface area contributed by atoms with Gasteiger partial charge in [-0.2, -0.15) is 0 Å². The summed E-state index contributed by atoms with van der Waals surface area (Å²) in [7, 11) is 0. The van der Waals surface area contributed by atoms with Gasteiger partial charge in [-0.3, -0.25) is 0 Å². The number of para-hydroxylation sites is 1. The van der Waals surface area contributed by atoms with E-state index in [2.05, 4.69) is 152 Å². The van der Waals surface area contributed by atoms with Gasteiger partial charge in [-0.25, -0.2) is 9.97 Å². The highest BCUT2D eigenvalue weighted by Crippen LogP contribution is 2.42. The van der Waals surface area contributed by atoms with Crippen molar-refractivity contribution < 1.29 is 4.42 Å². The molecule has 0 spiro atoms. The van der Waals surface area contributed by atoms with Crippen molar-refractivity contribution in [3.05, 3.63) is 170 Å². The molecule has 0 aliphatic heterocycles. The van der Waals surface area contributed by atoms with E-state index >= 15 is 0 Å². The fourth-order valence-corrected chi connectivity index (χ4v) is 8.33. The third-order valence-corrected chi connectivity index (χ3v) is 10.8. The standard InChI is InChI=1S/C46H28N2OS/c1-3-12-29(13-4-1)31-22-24-33(39(26-31)30-14-5-2-6-15-30)40-28-41(38-19-11-18-37-36-17-8-10-21-44(36)50-45(37)38)48-46(47-40)32-23-25-35-34-16-7-9-20-42(34)49-43(35)27-32/h1-28H. The van der Waals surface area contributed by atoms with E-state index in [9.17, 15) is 0 Å². The van der Waals surface area contributed by atoms with E-state index < -0.39 is 0 Å². The lowest BCUT2D eigenvalue weighted by molar-refractivity contribution is 0.669. The lowest BCUT2D eigenvalue weighted by Gasteiger charge is -2.15. The minimum Gasteiger partial charge on any atom is -0.456 e. The van der Waals surface area contributed by atoms with Crippen LogP contribution in [0.1, 0.15) is 0 Å². The van der Waals surface area contributed by atoms with Crippen LogP contribution in [0.2, 0.25) is 0 Å². The normalized spacial score (nSPS) is 11.6. The number of nitrogens with zero attached hydrogens (tertiary/aromatic N) is 2. The second kappa shape index (κ2) is 11.7. The van der Waals surface area contributed by atoms with Crippen molar-refractivity contribution >= 4 is 53.4 Å². The number of thiophene rings is 1. The minimum absolute atomic E-state index is 0.657. The highest BCUT2D eigenvalue weighted by atomic mass is 32.1. The summed E-state index contributed by atoms with van der Waals surface area (Å²) in [5.41, 5.74) is 11.1. The maximum atomic E-state index is 6.31. The van der Waals surface area contributed by atoms with Crippen molar-refractivity contribution in [1.82, 2.24) is 9.97 Å². The molecule has 4 heteroatoms. The topological polar surface area (TPSA) is 38.9 Å². The predicted octanol–water partition coefficient (Wildman–Crippen LogP) is 13.1. The Morgan fingerprint density at radius 3 is 1.88 bits per heavy atom. The summed E-state index contributed by atoms with van der Waals surface area (Å²) in [6.45, 7) is 0. The zero-order valence-corrected chi connectivity index (χ0v) is 27.7. The first-order valence-electron chi connectivity index (χ1n) is 16.7. The monoisotopic (exact) mass is 656 g/mol. The van der Waals surface area contributed by atoms with E-state index in [0.717, 1.165) is 66.7 Å². The van der Waals surface area contributed by atoms with Crippen molar-refractivity contribution in [1.29, 1.82) is 0 Å². The molecule has 10 aromatic rings.